The summed E-state index contributed by atoms with van der Waals surface area (Å²) in [5.41, 5.74) is -0.695. The summed E-state index contributed by atoms with van der Waals surface area (Å²) in [6, 6.07) is 0.0311. The number of rotatable bonds is 6. The van der Waals surface area contributed by atoms with Gasteiger partial charge in [-0.1, -0.05) is 13.8 Å². The van der Waals surface area contributed by atoms with E-state index in [-0.39, 0.29) is 12.1 Å². The predicted octanol–water partition coefficient (Wildman–Crippen LogP) is 3.24. The van der Waals surface area contributed by atoms with Crippen LogP contribution in [0.1, 0.15) is 45.2 Å². The molecule has 0 fully saturated rings. The molecule has 0 aliphatic rings. The third kappa shape index (κ3) is 3.73. The Labute approximate surface area is 105 Å². The maximum atomic E-state index is 12.5. The van der Waals surface area contributed by atoms with E-state index in [1.807, 2.05) is 13.8 Å². The minimum absolute atomic E-state index is 0.0994. The Balaban J connectivity index is 2.76. The van der Waals surface area contributed by atoms with Crippen molar-refractivity contribution in [3.63, 3.8) is 0 Å². The standard InChI is InChI=1S/C12H20F3N3/c1-4-6-16-11(5-2)9(3)18-8-10(7-17-18)12(13,14)15/h7-9,11,16H,4-6H2,1-3H3. The summed E-state index contributed by atoms with van der Waals surface area (Å²) < 4.78 is 38.8. The lowest BCUT2D eigenvalue weighted by Crippen LogP contribution is -2.36. The summed E-state index contributed by atoms with van der Waals surface area (Å²) in [6.45, 7) is 6.80. The van der Waals surface area contributed by atoms with Gasteiger partial charge in [0.05, 0.1) is 17.8 Å². The van der Waals surface area contributed by atoms with E-state index in [0.717, 1.165) is 31.8 Å². The second kappa shape index (κ2) is 6.22. The number of hydrogen-bond acceptors (Lipinski definition) is 2. The second-order valence-corrected chi connectivity index (χ2v) is 4.42. The van der Waals surface area contributed by atoms with Crippen LogP contribution in [-0.4, -0.2) is 22.4 Å². The Kier molecular flexibility index (Phi) is 5.19. The van der Waals surface area contributed by atoms with Crippen molar-refractivity contribution < 1.29 is 13.2 Å². The molecule has 104 valence electrons. The Hall–Kier alpha value is -1.04. The van der Waals surface area contributed by atoms with Crippen LogP contribution in [0.25, 0.3) is 0 Å². The second-order valence-electron chi connectivity index (χ2n) is 4.42. The van der Waals surface area contributed by atoms with Gasteiger partial charge in [0.2, 0.25) is 0 Å². The Bertz CT molecular complexity index is 360. The molecule has 1 aromatic heterocycles. The Morgan fingerprint density at radius 3 is 2.50 bits per heavy atom. The average Bonchev–Trinajstić information content (AvgIpc) is 2.78. The van der Waals surface area contributed by atoms with E-state index in [1.165, 1.54) is 4.68 Å². The molecular weight excluding hydrogens is 243 g/mol. The first kappa shape index (κ1) is 15.0. The molecule has 1 rings (SSSR count). The van der Waals surface area contributed by atoms with Gasteiger partial charge in [0, 0.05) is 12.2 Å². The molecule has 1 aromatic rings. The first-order valence-corrected chi connectivity index (χ1v) is 6.24. The number of aromatic nitrogens is 2. The molecule has 1 N–H and O–H groups in total. The van der Waals surface area contributed by atoms with Crippen molar-refractivity contribution in [2.75, 3.05) is 6.54 Å². The fourth-order valence-electron chi connectivity index (χ4n) is 1.88. The maximum absolute atomic E-state index is 12.5. The van der Waals surface area contributed by atoms with Gasteiger partial charge in [-0.3, -0.25) is 4.68 Å². The van der Waals surface area contributed by atoms with Crippen molar-refractivity contribution in [3.05, 3.63) is 18.0 Å². The number of nitrogens with zero attached hydrogens (tertiary/aromatic N) is 2. The van der Waals surface area contributed by atoms with Crippen molar-refractivity contribution in [2.45, 2.75) is 51.9 Å². The van der Waals surface area contributed by atoms with E-state index < -0.39 is 11.7 Å². The van der Waals surface area contributed by atoms with Gasteiger partial charge in [0.25, 0.3) is 0 Å². The van der Waals surface area contributed by atoms with Crippen LogP contribution in [0.2, 0.25) is 0 Å². The van der Waals surface area contributed by atoms with E-state index in [2.05, 4.69) is 17.3 Å². The fourth-order valence-corrected chi connectivity index (χ4v) is 1.88. The van der Waals surface area contributed by atoms with Gasteiger partial charge in [-0.05, 0) is 26.3 Å². The highest BCUT2D eigenvalue weighted by atomic mass is 19.4. The summed E-state index contributed by atoms with van der Waals surface area (Å²) in [6.07, 6.45) is -0.529. The van der Waals surface area contributed by atoms with Crippen LogP contribution in [0.3, 0.4) is 0 Å². The summed E-state index contributed by atoms with van der Waals surface area (Å²) in [5, 5.41) is 7.14. The van der Waals surface area contributed by atoms with Crippen LogP contribution in [0, 0.1) is 0 Å². The van der Waals surface area contributed by atoms with E-state index in [9.17, 15) is 13.2 Å². The SMILES string of the molecule is CCCNC(CC)C(C)n1cc(C(F)(F)F)cn1. The smallest absolute Gasteiger partial charge is 0.312 e. The number of halogens is 3. The van der Waals surface area contributed by atoms with E-state index in [4.69, 9.17) is 0 Å². The molecule has 0 spiro atoms. The zero-order valence-corrected chi connectivity index (χ0v) is 11.0. The number of alkyl halides is 3. The highest BCUT2D eigenvalue weighted by Crippen LogP contribution is 2.29. The third-order valence-corrected chi connectivity index (χ3v) is 3.02. The number of nitrogens with one attached hydrogen (secondary N) is 1. The molecule has 0 saturated heterocycles. The van der Waals surface area contributed by atoms with Crippen LogP contribution >= 0.6 is 0 Å². The molecule has 0 aromatic carbocycles. The molecule has 0 aliphatic carbocycles. The van der Waals surface area contributed by atoms with Crippen molar-refractivity contribution >= 4 is 0 Å². The van der Waals surface area contributed by atoms with Gasteiger partial charge in [0.1, 0.15) is 0 Å². The fraction of sp³-hybridized carbons (Fsp3) is 0.750. The third-order valence-electron chi connectivity index (χ3n) is 3.02. The van der Waals surface area contributed by atoms with Gasteiger partial charge in [-0.25, -0.2) is 0 Å². The van der Waals surface area contributed by atoms with Crippen molar-refractivity contribution in [3.8, 4) is 0 Å². The zero-order chi connectivity index (χ0) is 13.8. The molecular formula is C12H20F3N3. The van der Waals surface area contributed by atoms with Crippen molar-refractivity contribution in [1.29, 1.82) is 0 Å². The highest BCUT2D eigenvalue weighted by molar-refractivity contribution is 5.09. The maximum Gasteiger partial charge on any atom is 0.419 e. The Morgan fingerprint density at radius 1 is 1.39 bits per heavy atom. The molecule has 0 bridgehead atoms. The average molecular weight is 263 g/mol. The number of hydrogen-bond donors (Lipinski definition) is 1. The zero-order valence-electron chi connectivity index (χ0n) is 11.0. The van der Waals surface area contributed by atoms with Crippen LogP contribution in [-0.2, 0) is 6.18 Å². The molecule has 0 saturated carbocycles. The van der Waals surface area contributed by atoms with Crippen molar-refractivity contribution in [2.24, 2.45) is 0 Å². The first-order valence-electron chi connectivity index (χ1n) is 6.24. The quantitative estimate of drug-likeness (QED) is 0.854. The largest absolute Gasteiger partial charge is 0.419 e. The summed E-state index contributed by atoms with van der Waals surface area (Å²) >= 11 is 0. The molecule has 6 heteroatoms. The van der Waals surface area contributed by atoms with Gasteiger partial charge >= 0.3 is 6.18 Å². The normalized spacial score (nSPS) is 15.7. The van der Waals surface area contributed by atoms with Crippen molar-refractivity contribution in [1.82, 2.24) is 15.1 Å². The molecule has 18 heavy (non-hydrogen) atoms. The van der Waals surface area contributed by atoms with Gasteiger partial charge in [-0.2, -0.15) is 18.3 Å². The van der Waals surface area contributed by atoms with Crippen LogP contribution in [0.15, 0.2) is 12.4 Å². The Morgan fingerprint density at radius 2 is 2.06 bits per heavy atom. The predicted molar refractivity (Wildman–Crippen MR) is 64.3 cm³/mol. The van der Waals surface area contributed by atoms with Gasteiger partial charge in [-0.15, -0.1) is 0 Å². The lowest BCUT2D eigenvalue weighted by atomic mass is 10.1. The topological polar surface area (TPSA) is 29.9 Å². The lowest BCUT2D eigenvalue weighted by Gasteiger charge is -2.24. The van der Waals surface area contributed by atoms with Crippen LogP contribution < -0.4 is 5.32 Å². The molecule has 0 radical (unpaired) electrons. The molecule has 1 heterocycles. The molecule has 2 unspecified atom stereocenters. The van der Waals surface area contributed by atoms with Crippen LogP contribution in [0.5, 0.6) is 0 Å². The van der Waals surface area contributed by atoms with E-state index in [0.29, 0.717) is 0 Å². The van der Waals surface area contributed by atoms with Crippen LogP contribution in [0.4, 0.5) is 13.2 Å². The summed E-state index contributed by atoms with van der Waals surface area (Å²) in [5.74, 6) is 0. The van der Waals surface area contributed by atoms with Gasteiger partial charge < -0.3 is 5.32 Å². The molecule has 3 nitrogen and oxygen atoms in total. The molecule has 0 aliphatic heterocycles. The van der Waals surface area contributed by atoms with E-state index >= 15 is 0 Å². The summed E-state index contributed by atoms with van der Waals surface area (Å²) in [4.78, 5) is 0. The lowest BCUT2D eigenvalue weighted by molar-refractivity contribution is -0.137. The monoisotopic (exact) mass is 263 g/mol. The van der Waals surface area contributed by atoms with Gasteiger partial charge in [0.15, 0.2) is 0 Å². The molecule has 0 amide bonds. The van der Waals surface area contributed by atoms with E-state index in [1.54, 1.807) is 0 Å². The summed E-state index contributed by atoms with van der Waals surface area (Å²) in [7, 11) is 0. The minimum atomic E-state index is -4.32. The highest BCUT2D eigenvalue weighted by Gasteiger charge is 2.33. The minimum Gasteiger partial charge on any atom is -0.312 e. The molecule has 2 atom stereocenters. The first-order chi connectivity index (χ1) is 8.40.